The number of pyridine rings is 1. The van der Waals surface area contributed by atoms with Crippen molar-refractivity contribution >= 4 is 17.1 Å². The van der Waals surface area contributed by atoms with Gasteiger partial charge in [0.2, 0.25) is 5.91 Å². The zero-order chi connectivity index (χ0) is 24.6. The van der Waals surface area contributed by atoms with Gasteiger partial charge in [-0.2, -0.15) is 10.4 Å². The molecule has 0 aromatic carbocycles. The maximum Gasteiger partial charge on any atom is 0.223 e. The highest BCUT2D eigenvalue weighted by Gasteiger charge is 2.32. The molecule has 0 aliphatic heterocycles. The van der Waals surface area contributed by atoms with Gasteiger partial charge in [-0.25, -0.2) is 9.20 Å². The van der Waals surface area contributed by atoms with Crippen molar-refractivity contribution in [3.8, 4) is 28.7 Å². The van der Waals surface area contributed by atoms with E-state index >= 15 is 0 Å². The quantitative estimate of drug-likeness (QED) is 0.431. The largest absolute Gasteiger partial charge is 0.387 e. The summed E-state index contributed by atoms with van der Waals surface area (Å²) in [6.45, 7) is 0. The summed E-state index contributed by atoms with van der Waals surface area (Å²) >= 11 is 0. The molecule has 2 aliphatic carbocycles. The number of anilines is 1. The van der Waals surface area contributed by atoms with Gasteiger partial charge in [0, 0.05) is 36.5 Å². The van der Waals surface area contributed by atoms with Gasteiger partial charge in [-0.15, -0.1) is 5.10 Å². The Hall–Kier alpha value is -4.26. The van der Waals surface area contributed by atoms with E-state index in [1.807, 2.05) is 42.3 Å². The molecule has 0 saturated heterocycles. The molecule has 4 aromatic rings. The smallest absolute Gasteiger partial charge is 0.223 e. The standard InChI is InChI=1S/C26H27N9O/c1-28-22-11-23(25-9-8-20-10-16(12-27)13-30-35(20)25)29-14-21(22)24-15-34(33-32-24)19-6-4-18(5-7-19)31-26(36)17-2-3-17/h8-11,13-15,17-19H,2-7H2,1H3,(H,28,29)(H,31,36)/t18-,19-. The molecular formula is C26H27N9O. The summed E-state index contributed by atoms with van der Waals surface area (Å²) in [4.78, 5) is 16.8. The molecule has 2 fully saturated rings. The molecule has 6 rings (SSSR count). The first-order valence-corrected chi connectivity index (χ1v) is 12.4. The van der Waals surface area contributed by atoms with Crippen LogP contribution in [-0.2, 0) is 4.79 Å². The maximum absolute atomic E-state index is 12.1. The molecule has 0 bridgehead atoms. The number of nitrogens with one attached hydrogen (secondary N) is 2. The number of fused-ring (bicyclic) bond motifs is 1. The van der Waals surface area contributed by atoms with Crippen LogP contribution in [0.1, 0.15) is 50.1 Å². The Bertz CT molecular complexity index is 1470. The molecule has 4 heterocycles. The summed E-state index contributed by atoms with van der Waals surface area (Å²) in [6, 6.07) is 10.3. The number of nitrogens with zero attached hydrogens (tertiary/aromatic N) is 7. The van der Waals surface area contributed by atoms with E-state index in [4.69, 9.17) is 10.2 Å². The highest BCUT2D eigenvalue weighted by atomic mass is 16.2. The minimum atomic E-state index is 0.230. The number of nitriles is 1. The van der Waals surface area contributed by atoms with Crippen LogP contribution in [0.2, 0.25) is 0 Å². The second-order valence-corrected chi connectivity index (χ2v) is 9.65. The predicted molar refractivity (Wildman–Crippen MR) is 134 cm³/mol. The second kappa shape index (κ2) is 9.07. The van der Waals surface area contributed by atoms with E-state index in [2.05, 4.69) is 32.1 Å². The van der Waals surface area contributed by atoms with E-state index < -0.39 is 0 Å². The monoisotopic (exact) mass is 481 g/mol. The normalized spacial score (nSPS) is 19.7. The summed E-state index contributed by atoms with van der Waals surface area (Å²) in [7, 11) is 1.87. The Balaban J connectivity index is 1.19. The second-order valence-electron chi connectivity index (χ2n) is 9.65. The number of hydrogen-bond acceptors (Lipinski definition) is 7. The van der Waals surface area contributed by atoms with Crippen LogP contribution < -0.4 is 10.6 Å². The van der Waals surface area contributed by atoms with Gasteiger partial charge in [0.15, 0.2) is 0 Å². The molecule has 0 spiro atoms. The summed E-state index contributed by atoms with van der Waals surface area (Å²) in [5.74, 6) is 0.485. The fraction of sp³-hybridized carbons (Fsp3) is 0.385. The van der Waals surface area contributed by atoms with Crippen LogP contribution in [-0.4, -0.2) is 48.6 Å². The minimum Gasteiger partial charge on any atom is -0.387 e. The topological polar surface area (TPSA) is 126 Å². The Morgan fingerprint density at radius 3 is 2.67 bits per heavy atom. The number of aromatic nitrogens is 6. The van der Waals surface area contributed by atoms with Gasteiger partial charge in [0.05, 0.1) is 40.9 Å². The average molecular weight is 482 g/mol. The van der Waals surface area contributed by atoms with Crippen LogP contribution in [0, 0.1) is 17.2 Å². The van der Waals surface area contributed by atoms with E-state index in [9.17, 15) is 4.79 Å². The van der Waals surface area contributed by atoms with E-state index in [0.717, 1.165) is 72.4 Å². The summed E-state index contributed by atoms with van der Waals surface area (Å²) < 4.78 is 3.74. The Morgan fingerprint density at radius 1 is 1.08 bits per heavy atom. The van der Waals surface area contributed by atoms with Crippen molar-refractivity contribution in [1.82, 2.24) is 34.9 Å². The molecule has 2 N–H and O–H groups in total. The van der Waals surface area contributed by atoms with Crippen LogP contribution in [0.4, 0.5) is 5.69 Å². The number of carbonyl (C=O) groups is 1. The van der Waals surface area contributed by atoms with Crippen molar-refractivity contribution in [2.45, 2.75) is 50.6 Å². The third kappa shape index (κ3) is 4.17. The van der Waals surface area contributed by atoms with E-state index in [-0.39, 0.29) is 23.9 Å². The van der Waals surface area contributed by atoms with Crippen molar-refractivity contribution < 1.29 is 4.79 Å². The molecule has 4 aromatic heterocycles. The lowest BCUT2D eigenvalue weighted by atomic mass is 9.91. The van der Waals surface area contributed by atoms with E-state index in [0.29, 0.717) is 5.56 Å². The zero-order valence-corrected chi connectivity index (χ0v) is 20.1. The van der Waals surface area contributed by atoms with Gasteiger partial charge < -0.3 is 10.6 Å². The third-order valence-electron chi connectivity index (χ3n) is 7.22. The molecule has 0 radical (unpaired) electrons. The SMILES string of the molecule is CNc1cc(-c2ccc3cc(C#N)cnn23)ncc1-c1cn([C@H]2CC[C@H](NC(=O)C3CC3)CC2)nn1. The van der Waals surface area contributed by atoms with Crippen molar-refractivity contribution in [3.63, 3.8) is 0 Å². The molecule has 0 atom stereocenters. The van der Waals surface area contributed by atoms with E-state index in [1.54, 1.807) is 16.8 Å². The van der Waals surface area contributed by atoms with Crippen LogP contribution in [0.3, 0.4) is 0 Å². The Morgan fingerprint density at radius 2 is 1.92 bits per heavy atom. The summed E-state index contributed by atoms with van der Waals surface area (Å²) in [5, 5.41) is 28.9. The summed E-state index contributed by atoms with van der Waals surface area (Å²) in [6.07, 6.45) is 11.3. The maximum atomic E-state index is 12.1. The van der Waals surface area contributed by atoms with Gasteiger partial charge in [-0.1, -0.05) is 5.21 Å². The van der Waals surface area contributed by atoms with Crippen molar-refractivity contribution in [1.29, 1.82) is 5.26 Å². The molecule has 0 unspecified atom stereocenters. The van der Waals surface area contributed by atoms with E-state index in [1.165, 1.54) is 0 Å². The van der Waals surface area contributed by atoms with Crippen LogP contribution in [0.15, 0.2) is 42.9 Å². The highest BCUT2D eigenvalue weighted by molar-refractivity contribution is 5.81. The Kier molecular flexibility index (Phi) is 5.60. The molecule has 10 heteroatoms. The fourth-order valence-electron chi connectivity index (χ4n) is 4.99. The molecule has 2 saturated carbocycles. The first kappa shape index (κ1) is 22.2. The number of rotatable bonds is 6. The lowest BCUT2D eigenvalue weighted by Gasteiger charge is -2.29. The van der Waals surface area contributed by atoms with Crippen molar-refractivity contribution in [2.75, 3.05) is 12.4 Å². The Labute approximate surface area is 208 Å². The molecule has 2 aliphatic rings. The van der Waals surface area contributed by atoms with Crippen molar-refractivity contribution in [3.05, 3.63) is 48.4 Å². The molecule has 36 heavy (non-hydrogen) atoms. The lowest BCUT2D eigenvalue weighted by molar-refractivity contribution is -0.123. The van der Waals surface area contributed by atoms with Gasteiger partial charge in [-0.05, 0) is 62.8 Å². The van der Waals surface area contributed by atoms with Crippen LogP contribution in [0.5, 0.6) is 0 Å². The van der Waals surface area contributed by atoms with Crippen LogP contribution >= 0.6 is 0 Å². The zero-order valence-electron chi connectivity index (χ0n) is 20.1. The lowest BCUT2D eigenvalue weighted by Crippen LogP contribution is -2.38. The third-order valence-corrected chi connectivity index (χ3v) is 7.22. The van der Waals surface area contributed by atoms with Gasteiger partial charge in [0.1, 0.15) is 11.8 Å². The first-order chi connectivity index (χ1) is 17.6. The fourth-order valence-corrected chi connectivity index (χ4v) is 4.99. The molecule has 182 valence electrons. The number of carbonyl (C=O) groups excluding carboxylic acids is 1. The molecule has 1 amide bonds. The first-order valence-electron chi connectivity index (χ1n) is 12.4. The minimum absolute atomic E-state index is 0.230. The molecule has 10 nitrogen and oxygen atoms in total. The van der Waals surface area contributed by atoms with Gasteiger partial charge >= 0.3 is 0 Å². The van der Waals surface area contributed by atoms with Gasteiger partial charge in [0.25, 0.3) is 0 Å². The number of amides is 1. The van der Waals surface area contributed by atoms with Crippen molar-refractivity contribution in [2.24, 2.45) is 5.92 Å². The summed E-state index contributed by atoms with van der Waals surface area (Å²) in [5.41, 5.74) is 5.49. The average Bonchev–Trinajstić information content (AvgIpc) is 3.51. The number of hydrogen-bond donors (Lipinski definition) is 2. The molecular weight excluding hydrogens is 454 g/mol. The highest BCUT2D eigenvalue weighted by Crippen LogP contribution is 2.34. The predicted octanol–water partition coefficient (Wildman–Crippen LogP) is 3.58. The van der Waals surface area contributed by atoms with Gasteiger partial charge in [-0.3, -0.25) is 9.78 Å². The van der Waals surface area contributed by atoms with Crippen LogP contribution in [0.25, 0.3) is 28.2 Å².